The van der Waals surface area contributed by atoms with E-state index in [1.165, 1.54) is 31.4 Å². The first kappa shape index (κ1) is 17.2. The zero-order valence-electron chi connectivity index (χ0n) is 14.1. The monoisotopic (exact) mass is 279 g/mol. The lowest BCUT2D eigenvalue weighted by Crippen LogP contribution is -2.36. The zero-order chi connectivity index (χ0) is 15.0. The number of hydrogen-bond acceptors (Lipinski definition) is 2. The zero-order valence-corrected chi connectivity index (χ0v) is 14.1. The maximum absolute atomic E-state index is 4.75. The third kappa shape index (κ3) is 4.93. The van der Waals surface area contributed by atoms with Gasteiger partial charge in [-0.05, 0) is 51.1 Å². The molecule has 0 fully saturated rings. The standard InChI is InChI=1S/C17H33N3/c1-6-9-11-17(7-2,14-18-8-3)13-16-10-12-20(19-16)15(4)5/h10,12,15,18H,6-9,11,13-14H2,1-5H3. The van der Waals surface area contributed by atoms with Crippen LogP contribution >= 0.6 is 0 Å². The largest absolute Gasteiger partial charge is 0.316 e. The Morgan fingerprint density at radius 3 is 2.55 bits per heavy atom. The fourth-order valence-corrected chi connectivity index (χ4v) is 2.75. The van der Waals surface area contributed by atoms with E-state index in [2.05, 4.69) is 56.9 Å². The van der Waals surface area contributed by atoms with Crippen molar-refractivity contribution in [2.45, 2.75) is 72.8 Å². The van der Waals surface area contributed by atoms with Crippen molar-refractivity contribution in [3.8, 4) is 0 Å². The van der Waals surface area contributed by atoms with Crippen LogP contribution in [0.15, 0.2) is 12.3 Å². The Hall–Kier alpha value is -0.830. The van der Waals surface area contributed by atoms with E-state index in [0.717, 1.165) is 19.5 Å². The summed E-state index contributed by atoms with van der Waals surface area (Å²) in [6, 6.07) is 2.65. The molecule has 0 aliphatic carbocycles. The summed E-state index contributed by atoms with van der Waals surface area (Å²) in [5.74, 6) is 0. The van der Waals surface area contributed by atoms with Crippen LogP contribution in [0.5, 0.6) is 0 Å². The number of aromatic nitrogens is 2. The first-order valence-corrected chi connectivity index (χ1v) is 8.31. The van der Waals surface area contributed by atoms with Gasteiger partial charge in [-0.25, -0.2) is 0 Å². The predicted molar refractivity (Wildman–Crippen MR) is 87.1 cm³/mol. The maximum atomic E-state index is 4.75. The van der Waals surface area contributed by atoms with E-state index in [0.29, 0.717) is 11.5 Å². The molecule has 3 nitrogen and oxygen atoms in total. The Balaban J connectivity index is 2.79. The topological polar surface area (TPSA) is 29.9 Å². The van der Waals surface area contributed by atoms with Crippen LogP contribution in [0.4, 0.5) is 0 Å². The van der Waals surface area contributed by atoms with Crippen LogP contribution in [-0.2, 0) is 6.42 Å². The van der Waals surface area contributed by atoms with E-state index in [4.69, 9.17) is 5.10 Å². The SMILES string of the molecule is CCCCC(CC)(CNCC)Cc1ccn(C(C)C)n1. The molecule has 1 unspecified atom stereocenters. The third-order valence-electron chi connectivity index (χ3n) is 4.31. The van der Waals surface area contributed by atoms with Gasteiger partial charge in [0.15, 0.2) is 0 Å². The van der Waals surface area contributed by atoms with Crippen molar-refractivity contribution in [1.29, 1.82) is 0 Å². The minimum atomic E-state index is 0.363. The molecular formula is C17H33N3. The minimum absolute atomic E-state index is 0.363. The molecular weight excluding hydrogens is 246 g/mol. The van der Waals surface area contributed by atoms with Gasteiger partial charge in [-0.1, -0.05) is 33.6 Å². The molecule has 116 valence electrons. The highest BCUT2D eigenvalue weighted by atomic mass is 15.3. The molecule has 0 saturated carbocycles. The molecule has 0 amide bonds. The van der Waals surface area contributed by atoms with Crippen molar-refractivity contribution in [2.24, 2.45) is 5.41 Å². The van der Waals surface area contributed by atoms with Crippen LogP contribution in [0.2, 0.25) is 0 Å². The van der Waals surface area contributed by atoms with Crippen LogP contribution in [0.1, 0.15) is 72.0 Å². The molecule has 1 rings (SSSR count). The summed E-state index contributed by atoms with van der Waals surface area (Å²) in [6.07, 6.45) is 8.30. The number of rotatable bonds is 10. The molecule has 3 heteroatoms. The van der Waals surface area contributed by atoms with Gasteiger partial charge in [0, 0.05) is 18.8 Å². The quantitative estimate of drug-likeness (QED) is 0.695. The molecule has 1 atom stereocenters. The summed E-state index contributed by atoms with van der Waals surface area (Å²) in [7, 11) is 0. The van der Waals surface area contributed by atoms with E-state index in [1.54, 1.807) is 0 Å². The van der Waals surface area contributed by atoms with Crippen molar-refractivity contribution in [3.05, 3.63) is 18.0 Å². The Kier molecular flexibility index (Phi) is 7.28. The molecule has 0 radical (unpaired) electrons. The molecule has 1 N–H and O–H groups in total. The lowest BCUT2D eigenvalue weighted by Gasteiger charge is -2.33. The van der Waals surface area contributed by atoms with Crippen molar-refractivity contribution in [1.82, 2.24) is 15.1 Å². The molecule has 20 heavy (non-hydrogen) atoms. The van der Waals surface area contributed by atoms with Gasteiger partial charge in [-0.2, -0.15) is 5.10 Å². The number of nitrogens with one attached hydrogen (secondary N) is 1. The number of unbranched alkanes of at least 4 members (excludes halogenated alkanes) is 1. The fourth-order valence-electron chi connectivity index (χ4n) is 2.75. The van der Waals surface area contributed by atoms with Crippen LogP contribution in [-0.4, -0.2) is 22.9 Å². The second-order valence-electron chi connectivity index (χ2n) is 6.30. The van der Waals surface area contributed by atoms with Crippen LogP contribution < -0.4 is 5.32 Å². The van der Waals surface area contributed by atoms with Crippen molar-refractivity contribution < 1.29 is 0 Å². The summed E-state index contributed by atoms with van der Waals surface area (Å²) in [5.41, 5.74) is 1.61. The maximum Gasteiger partial charge on any atom is 0.0630 e. The van der Waals surface area contributed by atoms with E-state index >= 15 is 0 Å². The molecule has 0 aliphatic heterocycles. The molecule has 0 aliphatic rings. The minimum Gasteiger partial charge on any atom is -0.316 e. The van der Waals surface area contributed by atoms with Gasteiger partial charge < -0.3 is 5.32 Å². The fraction of sp³-hybridized carbons (Fsp3) is 0.824. The van der Waals surface area contributed by atoms with Crippen LogP contribution in [0.25, 0.3) is 0 Å². The molecule has 0 spiro atoms. The summed E-state index contributed by atoms with van der Waals surface area (Å²) >= 11 is 0. The summed E-state index contributed by atoms with van der Waals surface area (Å²) in [4.78, 5) is 0. The van der Waals surface area contributed by atoms with Gasteiger partial charge in [-0.15, -0.1) is 0 Å². The summed E-state index contributed by atoms with van der Waals surface area (Å²) < 4.78 is 2.07. The smallest absolute Gasteiger partial charge is 0.0630 e. The molecule has 0 saturated heterocycles. The van der Waals surface area contributed by atoms with Crippen molar-refractivity contribution in [3.63, 3.8) is 0 Å². The first-order chi connectivity index (χ1) is 9.56. The van der Waals surface area contributed by atoms with E-state index in [9.17, 15) is 0 Å². The molecule has 0 aromatic carbocycles. The van der Waals surface area contributed by atoms with Crippen LogP contribution in [0, 0.1) is 5.41 Å². The lowest BCUT2D eigenvalue weighted by molar-refractivity contribution is 0.228. The average Bonchev–Trinajstić information content (AvgIpc) is 2.90. The molecule has 1 aromatic rings. The van der Waals surface area contributed by atoms with Gasteiger partial charge >= 0.3 is 0 Å². The van der Waals surface area contributed by atoms with Gasteiger partial charge in [0.25, 0.3) is 0 Å². The lowest BCUT2D eigenvalue weighted by atomic mass is 9.76. The highest BCUT2D eigenvalue weighted by Gasteiger charge is 2.28. The van der Waals surface area contributed by atoms with Crippen molar-refractivity contribution in [2.75, 3.05) is 13.1 Å². The predicted octanol–water partition coefficient (Wildman–Crippen LogP) is 4.20. The van der Waals surface area contributed by atoms with E-state index < -0.39 is 0 Å². The van der Waals surface area contributed by atoms with Gasteiger partial charge in [-0.3, -0.25) is 4.68 Å². The first-order valence-electron chi connectivity index (χ1n) is 8.31. The number of nitrogens with zero attached hydrogens (tertiary/aromatic N) is 2. The molecule has 0 bridgehead atoms. The molecule has 1 aromatic heterocycles. The van der Waals surface area contributed by atoms with E-state index in [1.807, 2.05) is 0 Å². The molecule has 1 heterocycles. The van der Waals surface area contributed by atoms with Crippen LogP contribution in [0.3, 0.4) is 0 Å². The van der Waals surface area contributed by atoms with Crippen molar-refractivity contribution >= 4 is 0 Å². The Labute approximate surface area is 125 Å². The summed E-state index contributed by atoms with van der Waals surface area (Å²) in [6.45, 7) is 13.3. The third-order valence-corrected chi connectivity index (χ3v) is 4.31. The Morgan fingerprint density at radius 2 is 2.05 bits per heavy atom. The second-order valence-corrected chi connectivity index (χ2v) is 6.30. The highest BCUT2D eigenvalue weighted by Crippen LogP contribution is 2.32. The van der Waals surface area contributed by atoms with E-state index in [-0.39, 0.29) is 0 Å². The second kappa shape index (κ2) is 8.46. The highest BCUT2D eigenvalue weighted by molar-refractivity contribution is 5.04. The average molecular weight is 279 g/mol. The Morgan fingerprint density at radius 1 is 1.30 bits per heavy atom. The van der Waals surface area contributed by atoms with Gasteiger partial charge in [0.2, 0.25) is 0 Å². The normalized spacial score (nSPS) is 14.7. The van der Waals surface area contributed by atoms with Gasteiger partial charge in [0.1, 0.15) is 0 Å². The summed E-state index contributed by atoms with van der Waals surface area (Å²) in [5, 5.41) is 8.31. The Bertz CT molecular complexity index is 360. The number of hydrogen-bond donors (Lipinski definition) is 1. The van der Waals surface area contributed by atoms with Gasteiger partial charge in [0.05, 0.1) is 5.69 Å².